The minimum atomic E-state index is -3.22. The van der Waals surface area contributed by atoms with Crippen molar-refractivity contribution in [1.29, 1.82) is 0 Å². The van der Waals surface area contributed by atoms with Crippen LogP contribution in [0.5, 0.6) is 0 Å². The summed E-state index contributed by atoms with van der Waals surface area (Å²) >= 11 is 0. The fourth-order valence-corrected chi connectivity index (χ4v) is 3.01. The van der Waals surface area contributed by atoms with Gasteiger partial charge in [-0.15, -0.1) is 0 Å². The summed E-state index contributed by atoms with van der Waals surface area (Å²) in [5.41, 5.74) is 0.305. The van der Waals surface area contributed by atoms with E-state index in [9.17, 15) is 9.36 Å². The van der Waals surface area contributed by atoms with Crippen molar-refractivity contribution in [3.63, 3.8) is 0 Å². The quantitative estimate of drug-likeness (QED) is 0.388. The first-order valence-corrected chi connectivity index (χ1v) is 7.67. The smallest absolute Gasteiger partial charge is 0.334 e. The van der Waals surface area contributed by atoms with Crippen molar-refractivity contribution in [2.45, 2.75) is 46.8 Å². The van der Waals surface area contributed by atoms with Crippen LogP contribution in [-0.2, 0) is 23.1 Å². The molecule has 106 valence electrons. The van der Waals surface area contributed by atoms with Gasteiger partial charge in [0.1, 0.15) is 6.61 Å². The predicted octanol–water partition coefficient (Wildman–Crippen LogP) is 3.15. The van der Waals surface area contributed by atoms with Crippen molar-refractivity contribution in [2.75, 3.05) is 12.8 Å². The van der Waals surface area contributed by atoms with Crippen molar-refractivity contribution in [2.24, 2.45) is 0 Å². The molecule has 0 aromatic heterocycles. The van der Waals surface area contributed by atoms with E-state index >= 15 is 0 Å². The Morgan fingerprint density at radius 2 is 1.61 bits per heavy atom. The van der Waals surface area contributed by atoms with E-state index in [1.807, 2.05) is 0 Å². The molecule has 0 aromatic carbocycles. The molecule has 5 nitrogen and oxygen atoms in total. The average Bonchev–Trinajstić information content (AvgIpc) is 2.13. The van der Waals surface area contributed by atoms with Gasteiger partial charge < -0.3 is 13.8 Å². The van der Waals surface area contributed by atoms with E-state index in [2.05, 4.69) is 6.58 Å². The van der Waals surface area contributed by atoms with E-state index in [4.69, 9.17) is 13.8 Å². The second kappa shape index (κ2) is 7.72. The van der Waals surface area contributed by atoms with Crippen molar-refractivity contribution in [3.05, 3.63) is 12.2 Å². The molecule has 0 fully saturated rings. The van der Waals surface area contributed by atoms with Crippen LogP contribution in [-0.4, -0.2) is 30.9 Å². The monoisotopic (exact) mass is 278 g/mol. The molecule has 0 rings (SSSR count). The van der Waals surface area contributed by atoms with Gasteiger partial charge in [-0.05, 0) is 34.6 Å². The molecule has 0 spiro atoms. The Morgan fingerprint density at radius 1 is 1.17 bits per heavy atom. The third-order valence-corrected chi connectivity index (χ3v) is 3.91. The second-order valence-corrected chi connectivity index (χ2v) is 6.65. The molecule has 0 saturated heterocycles. The lowest BCUT2D eigenvalue weighted by Gasteiger charge is -2.22. The number of carbonyl (C=O) groups excluding carboxylic acids is 1. The van der Waals surface area contributed by atoms with E-state index in [0.717, 1.165) is 0 Å². The van der Waals surface area contributed by atoms with E-state index in [0.29, 0.717) is 5.57 Å². The Bertz CT molecular complexity index is 321. The maximum atomic E-state index is 12.3. The highest BCUT2D eigenvalue weighted by Crippen LogP contribution is 2.50. The summed E-state index contributed by atoms with van der Waals surface area (Å²) in [7, 11) is -3.22. The third-order valence-electron chi connectivity index (χ3n) is 1.69. The summed E-state index contributed by atoms with van der Waals surface area (Å²) in [6.07, 6.45) is -0.389. The SMILES string of the molecule is C=C(C)C(=O)OCCP(=O)(OC(C)C)OC(C)C. The Hall–Kier alpha value is -0.640. The zero-order chi connectivity index (χ0) is 14.3. The molecule has 0 aliphatic heterocycles. The van der Waals surface area contributed by atoms with Crippen LogP contribution in [0.3, 0.4) is 0 Å². The topological polar surface area (TPSA) is 61.8 Å². The maximum absolute atomic E-state index is 12.3. The fraction of sp³-hybridized carbons (Fsp3) is 0.750. The highest BCUT2D eigenvalue weighted by molar-refractivity contribution is 7.53. The molecule has 0 radical (unpaired) electrons. The minimum Gasteiger partial charge on any atom is -0.462 e. The van der Waals surface area contributed by atoms with Gasteiger partial charge in [-0.1, -0.05) is 6.58 Å². The zero-order valence-corrected chi connectivity index (χ0v) is 12.7. The van der Waals surface area contributed by atoms with Gasteiger partial charge in [-0.3, -0.25) is 4.57 Å². The number of hydrogen-bond acceptors (Lipinski definition) is 5. The summed E-state index contributed by atoms with van der Waals surface area (Å²) < 4.78 is 27.8. The Kier molecular flexibility index (Phi) is 7.45. The van der Waals surface area contributed by atoms with Crippen molar-refractivity contribution >= 4 is 13.6 Å². The number of rotatable bonds is 8. The standard InChI is InChI=1S/C12H23O5P/c1-9(2)12(13)15-7-8-18(14,16-10(3)4)17-11(5)6/h10-11H,1,7-8H2,2-6H3. The molecule has 0 atom stereocenters. The lowest BCUT2D eigenvalue weighted by molar-refractivity contribution is -0.138. The lowest BCUT2D eigenvalue weighted by Crippen LogP contribution is -2.15. The van der Waals surface area contributed by atoms with Crippen molar-refractivity contribution in [3.8, 4) is 0 Å². The highest BCUT2D eigenvalue weighted by Gasteiger charge is 2.28. The molecule has 0 aliphatic rings. The van der Waals surface area contributed by atoms with Gasteiger partial charge in [-0.2, -0.15) is 0 Å². The van der Waals surface area contributed by atoms with Gasteiger partial charge in [0, 0.05) is 5.57 Å². The van der Waals surface area contributed by atoms with Gasteiger partial charge in [0.05, 0.1) is 18.4 Å². The van der Waals surface area contributed by atoms with Crippen LogP contribution in [0.15, 0.2) is 12.2 Å². The number of carbonyl (C=O) groups is 1. The van der Waals surface area contributed by atoms with Gasteiger partial charge >= 0.3 is 13.6 Å². The first-order chi connectivity index (χ1) is 8.16. The maximum Gasteiger partial charge on any atom is 0.334 e. The molecular weight excluding hydrogens is 255 g/mol. The molecule has 0 aliphatic carbocycles. The normalized spacial score (nSPS) is 11.9. The van der Waals surface area contributed by atoms with Crippen molar-refractivity contribution < 1.29 is 23.1 Å². The number of hydrogen-bond donors (Lipinski definition) is 0. The molecule has 0 bridgehead atoms. The van der Waals surface area contributed by atoms with Crippen LogP contribution >= 0.6 is 7.60 Å². The van der Waals surface area contributed by atoms with E-state index in [1.165, 1.54) is 0 Å². The molecule has 0 aromatic rings. The average molecular weight is 278 g/mol. The van der Waals surface area contributed by atoms with Crippen LogP contribution in [0.25, 0.3) is 0 Å². The van der Waals surface area contributed by atoms with Crippen LogP contribution in [0.4, 0.5) is 0 Å². The first-order valence-electron chi connectivity index (χ1n) is 5.95. The van der Waals surface area contributed by atoms with Gasteiger partial charge in [0.2, 0.25) is 0 Å². The molecule has 0 heterocycles. The van der Waals surface area contributed by atoms with Gasteiger partial charge in [0.25, 0.3) is 0 Å². The summed E-state index contributed by atoms with van der Waals surface area (Å²) in [6.45, 7) is 12.1. The molecule has 0 unspecified atom stereocenters. The van der Waals surface area contributed by atoms with Crippen LogP contribution in [0, 0.1) is 0 Å². The lowest BCUT2D eigenvalue weighted by atomic mass is 10.4. The van der Waals surface area contributed by atoms with Gasteiger partial charge in [-0.25, -0.2) is 4.79 Å². The van der Waals surface area contributed by atoms with Crippen LogP contribution < -0.4 is 0 Å². The fourth-order valence-electron chi connectivity index (χ4n) is 1.15. The van der Waals surface area contributed by atoms with Crippen LogP contribution in [0.2, 0.25) is 0 Å². The Balaban J connectivity index is 4.38. The molecule has 0 N–H and O–H groups in total. The minimum absolute atomic E-state index is 0.0115. The summed E-state index contributed by atoms with van der Waals surface area (Å²) in [4.78, 5) is 11.2. The van der Waals surface area contributed by atoms with Gasteiger partial charge in [0.15, 0.2) is 0 Å². The summed E-state index contributed by atoms with van der Waals surface area (Å²) in [5.74, 6) is -0.504. The predicted molar refractivity (Wildman–Crippen MR) is 70.7 cm³/mol. The Morgan fingerprint density at radius 3 is 1.94 bits per heavy atom. The third kappa shape index (κ3) is 7.64. The molecule has 6 heteroatoms. The number of ether oxygens (including phenoxy) is 1. The first kappa shape index (κ1) is 17.4. The highest BCUT2D eigenvalue weighted by atomic mass is 31.2. The molecule has 18 heavy (non-hydrogen) atoms. The summed E-state index contributed by atoms with van der Waals surface area (Å²) in [5, 5.41) is 0. The van der Waals surface area contributed by atoms with E-state index < -0.39 is 13.6 Å². The van der Waals surface area contributed by atoms with E-state index in [-0.39, 0.29) is 25.0 Å². The van der Waals surface area contributed by atoms with Crippen molar-refractivity contribution in [1.82, 2.24) is 0 Å². The molecule has 0 saturated carbocycles. The van der Waals surface area contributed by atoms with E-state index in [1.54, 1.807) is 34.6 Å². The van der Waals surface area contributed by atoms with Crippen LogP contribution in [0.1, 0.15) is 34.6 Å². The zero-order valence-electron chi connectivity index (χ0n) is 11.8. The molecular formula is C12H23O5P. The Labute approximate surface area is 109 Å². The number of esters is 1. The second-order valence-electron chi connectivity index (χ2n) is 4.56. The molecule has 0 amide bonds. The summed E-state index contributed by atoms with van der Waals surface area (Å²) in [6, 6.07) is 0. The largest absolute Gasteiger partial charge is 0.462 e.